The number of esters is 1. The quantitative estimate of drug-likeness (QED) is 0.765. The van der Waals surface area contributed by atoms with Crippen molar-refractivity contribution in [2.45, 2.75) is 12.5 Å². The third-order valence-corrected chi connectivity index (χ3v) is 3.75. The summed E-state index contributed by atoms with van der Waals surface area (Å²) in [6, 6.07) is 11.9. The molecular formula is C18H17ClFNO4. The van der Waals surface area contributed by atoms with E-state index in [1.54, 1.807) is 30.3 Å². The number of hydrogen-bond donors (Lipinski definition) is 1. The van der Waals surface area contributed by atoms with Crippen LogP contribution in [-0.2, 0) is 14.3 Å². The molecule has 0 aliphatic heterocycles. The third-order valence-electron chi connectivity index (χ3n) is 3.41. The lowest BCUT2D eigenvalue weighted by Gasteiger charge is -2.19. The molecule has 0 aromatic heterocycles. The van der Waals surface area contributed by atoms with Gasteiger partial charge in [-0.15, -0.1) is 0 Å². The first-order chi connectivity index (χ1) is 12.0. The van der Waals surface area contributed by atoms with Crippen LogP contribution in [0.2, 0.25) is 5.02 Å². The minimum Gasteiger partial charge on any atom is -0.481 e. The SMILES string of the molecule is COC(=O)CC(NC(=O)COc1ccccc1F)c1ccccc1Cl. The lowest BCUT2D eigenvalue weighted by molar-refractivity contribution is -0.141. The van der Waals surface area contributed by atoms with Gasteiger partial charge in [0.1, 0.15) is 0 Å². The van der Waals surface area contributed by atoms with Gasteiger partial charge in [-0.25, -0.2) is 4.39 Å². The molecular weight excluding hydrogens is 349 g/mol. The average Bonchev–Trinajstić information content (AvgIpc) is 2.61. The Morgan fingerprint density at radius 3 is 2.52 bits per heavy atom. The van der Waals surface area contributed by atoms with Crippen LogP contribution in [-0.4, -0.2) is 25.6 Å². The molecule has 25 heavy (non-hydrogen) atoms. The van der Waals surface area contributed by atoms with Crippen LogP contribution < -0.4 is 10.1 Å². The zero-order chi connectivity index (χ0) is 18.2. The Balaban J connectivity index is 2.05. The molecule has 0 heterocycles. The van der Waals surface area contributed by atoms with Crippen molar-refractivity contribution in [1.29, 1.82) is 0 Å². The number of rotatable bonds is 7. The van der Waals surface area contributed by atoms with Crippen molar-refractivity contribution in [3.63, 3.8) is 0 Å². The summed E-state index contributed by atoms with van der Waals surface area (Å²) in [5, 5.41) is 3.07. The van der Waals surface area contributed by atoms with Gasteiger partial charge in [-0.3, -0.25) is 9.59 Å². The minimum atomic E-state index is -0.683. The maximum Gasteiger partial charge on any atom is 0.307 e. The number of carbonyl (C=O) groups is 2. The molecule has 132 valence electrons. The van der Waals surface area contributed by atoms with E-state index in [-0.39, 0.29) is 12.2 Å². The van der Waals surface area contributed by atoms with E-state index in [9.17, 15) is 14.0 Å². The second-order valence-electron chi connectivity index (χ2n) is 5.14. The van der Waals surface area contributed by atoms with E-state index in [1.807, 2.05) is 0 Å². The molecule has 1 unspecified atom stereocenters. The van der Waals surface area contributed by atoms with Crippen molar-refractivity contribution in [1.82, 2.24) is 5.32 Å². The maximum absolute atomic E-state index is 13.5. The van der Waals surface area contributed by atoms with Crippen LogP contribution in [0.4, 0.5) is 4.39 Å². The summed E-state index contributed by atoms with van der Waals surface area (Å²) < 4.78 is 23.3. The number of carbonyl (C=O) groups excluding carboxylic acids is 2. The molecule has 0 saturated carbocycles. The number of hydrogen-bond acceptors (Lipinski definition) is 4. The van der Waals surface area contributed by atoms with Gasteiger partial charge in [0.25, 0.3) is 5.91 Å². The maximum atomic E-state index is 13.5. The molecule has 1 amide bonds. The van der Waals surface area contributed by atoms with Gasteiger partial charge in [-0.1, -0.05) is 41.9 Å². The molecule has 0 aliphatic carbocycles. The minimum absolute atomic E-state index is 0.0279. The topological polar surface area (TPSA) is 64.6 Å². The second kappa shape index (κ2) is 9.03. The molecule has 0 bridgehead atoms. The van der Waals surface area contributed by atoms with E-state index in [2.05, 4.69) is 10.1 Å². The highest BCUT2D eigenvalue weighted by Crippen LogP contribution is 2.25. The first-order valence-electron chi connectivity index (χ1n) is 7.49. The molecule has 2 aromatic rings. The molecule has 0 fully saturated rings. The monoisotopic (exact) mass is 365 g/mol. The normalized spacial score (nSPS) is 11.5. The highest BCUT2D eigenvalue weighted by molar-refractivity contribution is 6.31. The van der Waals surface area contributed by atoms with Gasteiger partial charge < -0.3 is 14.8 Å². The highest BCUT2D eigenvalue weighted by atomic mass is 35.5. The van der Waals surface area contributed by atoms with Crippen molar-refractivity contribution < 1.29 is 23.5 Å². The number of para-hydroxylation sites is 1. The van der Waals surface area contributed by atoms with Crippen LogP contribution in [0.1, 0.15) is 18.0 Å². The van der Waals surface area contributed by atoms with Crippen LogP contribution in [0.15, 0.2) is 48.5 Å². The van der Waals surface area contributed by atoms with Crippen molar-refractivity contribution in [3.8, 4) is 5.75 Å². The molecule has 0 saturated heterocycles. The third kappa shape index (κ3) is 5.46. The molecule has 5 nitrogen and oxygen atoms in total. The molecule has 0 aliphatic rings. The van der Waals surface area contributed by atoms with Crippen LogP contribution >= 0.6 is 11.6 Å². The van der Waals surface area contributed by atoms with Crippen molar-refractivity contribution in [3.05, 3.63) is 64.9 Å². The fourth-order valence-corrected chi connectivity index (χ4v) is 2.45. The Kier molecular flexibility index (Phi) is 6.77. The van der Waals surface area contributed by atoms with Crippen LogP contribution in [0.3, 0.4) is 0 Å². The summed E-state index contributed by atoms with van der Waals surface area (Å²) in [7, 11) is 1.26. The number of benzene rings is 2. The fourth-order valence-electron chi connectivity index (χ4n) is 2.19. The zero-order valence-corrected chi connectivity index (χ0v) is 14.3. The van der Waals surface area contributed by atoms with Gasteiger partial charge in [0, 0.05) is 5.02 Å². The van der Waals surface area contributed by atoms with E-state index < -0.39 is 30.3 Å². The van der Waals surface area contributed by atoms with E-state index in [4.69, 9.17) is 16.3 Å². The van der Waals surface area contributed by atoms with E-state index in [1.165, 1.54) is 25.3 Å². The molecule has 0 spiro atoms. The first-order valence-corrected chi connectivity index (χ1v) is 7.87. The summed E-state index contributed by atoms with van der Waals surface area (Å²) in [6.45, 7) is -0.400. The molecule has 2 rings (SSSR count). The summed E-state index contributed by atoms with van der Waals surface area (Å²) in [4.78, 5) is 23.8. The van der Waals surface area contributed by atoms with Gasteiger partial charge >= 0.3 is 5.97 Å². The van der Waals surface area contributed by atoms with E-state index in [0.717, 1.165) is 0 Å². The zero-order valence-electron chi connectivity index (χ0n) is 13.5. The molecule has 1 N–H and O–H groups in total. The Labute approximate surface area is 149 Å². The van der Waals surface area contributed by atoms with Crippen LogP contribution in [0.25, 0.3) is 0 Å². The highest BCUT2D eigenvalue weighted by Gasteiger charge is 2.21. The molecule has 2 aromatic carbocycles. The van der Waals surface area contributed by atoms with Crippen molar-refractivity contribution in [2.24, 2.45) is 0 Å². The van der Waals surface area contributed by atoms with Gasteiger partial charge in [0.05, 0.1) is 19.6 Å². The number of nitrogens with one attached hydrogen (secondary N) is 1. The number of methoxy groups -OCH3 is 1. The predicted molar refractivity (Wildman–Crippen MR) is 90.9 cm³/mol. The van der Waals surface area contributed by atoms with Gasteiger partial charge in [-0.05, 0) is 23.8 Å². The summed E-state index contributed by atoms with van der Waals surface area (Å²) >= 11 is 6.14. The van der Waals surface area contributed by atoms with Crippen molar-refractivity contribution in [2.75, 3.05) is 13.7 Å². The van der Waals surface area contributed by atoms with Crippen molar-refractivity contribution >= 4 is 23.5 Å². The van der Waals surface area contributed by atoms with Gasteiger partial charge in [-0.2, -0.15) is 0 Å². The fraction of sp³-hybridized carbons (Fsp3) is 0.222. The van der Waals surface area contributed by atoms with Gasteiger partial charge in [0.2, 0.25) is 0 Å². The summed E-state index contributed by atoms with van der Waals surface area (Å²) in [5.41, 5.74) is 0.578. The molecule has 0 radical (unpaired) electrons. The Morgan fingerprint density at radius 1 is 1.16 bits per heavy atom. The van der Waals surface area contributed by atoms with Crippen LogP contribution in [0.5, 0.6) is 5.75 Å². The molecule has 1 atom stereocenters. The lowest BCUT2D eigenvalue weighted by atomic mass is 10.0. The van der Waals surface area contributed by atoms with Gasteiger partial charge in [0.15, 0.2) is 18.2 Å². The first kappa shape index (κ1) is 18.7. The molecule has 7 heteroatoms. The van der Waals surface area contributed by atoms with E-state index in [0.29, 0.717) is 10.6 Å². The largest absolute Gasteiger partial charge is 0.481 e. The number of halogens is 2. The number of ether oxygens (including phenoxy) is 2. The lowest BCUT2D eigenvalue weighted by Crippen LogP contribution is -2.34. The summed E-state index contributed by atoms with van der Waals surface area (Å²) in [5.74, 6) is -1.61. The predicted octanol–water partition coefficient (Wildman–Crippen LogP) is 3.28. The Hall–Kier alpha value is -2.60. The number of amides is 1. The average molecular weight is 366 g/mol. The van der Waals surface area contributed by atoms with Crippen LogP contribution in [0, 0.1) is 5.82 Å². The standard InChI is InChI=1S/C18H17ClFNO4/c1-24-18(23)10-15(12-6-2-3-7-13(12)19)21-17(22)11-25-16-9-5-4-8-14(16)20/h2-9,15H,10-11H2,1H3,(H,21,22). The Morgan fingerprint density at radius 2 is 1.84 bits per heavy atom. The second-order valence-corrected chi connectivity index (χ2v) is 5.55. The smallest absolute Gasteiger partial charge is 0.307 e. The Bertz CT molecular complexity index is 753. The summed E-state index contributed by atoms with van der Waals surface area (Å²) in [6.07, 6.45) is -0.0916. The van der Waals surface area contributed by atoms with E-state index >= 15 is 0 Å².